The summed E-state index contributed by atoms with van der Waals surface area (Å²) in [5, 5.41) is 5.33. The van der Waals surface area contributed by atoms with E-state index < -0.39 is 11.7 Å². The third-order valence-electron chi connectivity index (χ3n) is 3.86. The summed E-state index contributed by atoms with van der Waals surface area (Å²) < 4.78 is 10.3. The van der Waals surface area contributed by atoms with Gasteiger partial charge < -0.3 is 19.7 Å². The maximum Gasteiger partial charge on any atom is 0.412 e. The monoisotopic (exact) mass is 413 g/mol. The Labute approximate surface area is 176 Å². The SMILES string of the molecule is COc1cccc(NC(=O)CN(C)C(=O)c2ccc(NC(=O)OC(C)(C)C)cc2)c1. The van der Waals surface area contributed by atoms with E-state index in [0.717, 1.165) is 0 Å². The number of likely N-dealkylation sites (N-methyl/N-ethyl adjacent to an activating group) is 1. The number of carbonyl (C=O) groups excluding carboxylic acids is 3. The van der Waals surface area contributed by atoms with Crippen molar-refractivity contribution in [2.45, 2.75) is 26.4 Å². The molecule has 0 heterocycles. The zero-order chi connectivity index (χ0) is 22.3. The summed E-state index contributed by atoms with van der Waals surface area (Å²) in [4.78, 5) is 37.9. The molecule has 2 aromatic rings. The standard InChI is InChI=1S/C22H27N3O5/c1-22(2,3)30-21(28)24-16-11-9-15(10-12-16)20(27)25(4)14-19(26)23-17-7-6-8-18(13-17)29-5/h6-13H,14H2,1-5H3,(H,23,26)(H,24,28). The molecular weight excluding hydrogens is 386 g/mol. The molecule has 160 valence electrons. The Morgan fingerprint density at radius 2 is 1.63 bits per heavy atom. The van der Waals surface area contributed by atoms with Crippen molar-refractivity contribution < 1.29 is 23.9 Å². The molecule has 0 spiro atoms. The highest BCUT2D eigenvalue weighted by molar-refractivity contribution is 5.99. The summed E-state index contributed by atoms with van der Waals surface area (Å²) in [6.45, 7) is 5.20. The van der Waals surface area contributed by atoms with Crippen LogP contribution in [0.4, 0.5) is 16.2 Å². The van der Waals surface area contributed by atoms with Gasteiger partial charge in [-0.15, -0.1) is 0 Å². The molecule has 2 rings (SSSR count). The van der Waals surface area contributed by atoms with E-state index >= 15 is 0 Å². The van der Waals surface area contributed by atoms with E-state index in [9.17, 15) is 14.4 Å². The van der Waals surface area contributed by atoms with Gasteiger partial charge in [0.1, 0.15) is 11.4 Å². The van der Waals surface area contributed by atoms with Crippen molar-refractivity contribution >= 4 is 29.3 Å². The number of nitrogens with zero attached hydrogens (tertiary/aromatic N) is 1. The maximum absolute atomic E-state index is 12.6. The first-order chi connectivity index (χ1) is 14.1. The maximum atomic E-state index is 12.6. The van der Waals surface area contributed by atoms with Crippen LogP contribution in [-0.4, -0.2) is 49.1 Å². The predicted octanol–water partition coefficient (Wildman–Crippen LogP) is 3.75. The van der Waals surface area contributed by atoms with Gasteiger partial charge in [-0.05, 0) is 57.2 Å². The molecule has 0 unspecified atom stereocenters. The van der Waals surface area contributed by atoms with Crippen molar-refractivity contribution in [3.63, 3.8) is 0 Å². The molecule has 0 bridgehead atoms. The van der Waals surface area contributed by atoms with E-state index in [1.165, 1.54) is 4.90 Å². The number of nitrogens with one attached hydrogen (secondary N) is 2. The molecule has 0 aromatic heterocycles. The minimum Gasteiger partial charge on any atom is -0.497 e. The molecule has 2 N–H and O–H groups in total. The Balaban J connectivity index is 1.92. The lowest BCUT2D eigenvalue weighted by Gasteiger charge is -2.20. The largest absolute Gasteiger partial charge is 0.497 e. The minimum absolute atomic E-state index is 0.117. The fraction of sp³-hybridized carbons (Fsp3) is 0.318. The Bertz CT molecular complexity index is 904. The van der Waals surface area contributed by atoms with Crippen LogP contribution < -0.4 is 15.4 Å². The fourth-order valence-electron chi connectivity index (χ4n) is 2.53. The van der Waals surface area contributed by atoms with Crippen molar-refractivity contribution in [3.8, 4) is 5.75 Å². The van der Waals surface area contributed by atoms with Crippen molar-refractivity contribution in [3.05, 3.63) is 54.1 Å². The molecular formula is C22H27N3O5. The molecule has 0 fully saturated rings. The summed E-state index contributed by atoms with van der Waals surface area (Å²) >= 11 is 0. The van der Waals surface area contributed by atoms with Crippen LogP contribution in [0.3, 0.4) is 0 Å². The highest BCUT2D eigenvalue weighted by Gasteiger charge is 2.18. The van der Waals surface area contributed by atoms with Crippen molar-refractivity contribution in [2.24, 2.45) is 0 Å². The molecule has 0 saturated carbocycles. The van der Waals surface area contributed by atoms with Gasteiger partial charge >= 0.3 is 6.09 Å². The van der Waals surface area contributed by atoms with Gasteiger partial charge in [0.05, 0.1) is 13.7 Å². The topological polar surface area (TPSA) is 97.0 Å². The summed E-state index contributed by atoms with van der Waals surface area (Å²) in [5.41, 5.74) is 0.868. The molecule has 3 amide bonds. The fourth-order valence-corrected chi connectivity index (χ4v) is 2.53. The third kappa shape index (κ3) is 7.12. The van der Waals surface area contributed by atoms with Crippen LogP contribution in [0.5, 0.6) is 5.75 Å². The first kappa shape index (κ1) is 22.7. The molecule has 0 radical (unpaired) electrons. The Morgan fingerprint density at radius 1 is 0.967 bits per heavy atom. The van der Waals surface area contributed by atoms with Crippen molar-refractivity contribution in [2.75, 3.05) is 31.3 Å². The average Bonchev–Trinajstić information content (AvgIpc) is 2.66. The minimum atomic E-state index is -0.603. The summed E-state index contributed by atoms with van der Waals surface area (Å²) in [6, 6.07) is 13.3. The second-order valence-electron chi connectivity index (χ2n) is 7.65. The van der Waals surface area contributed by atoms with E-state index in [1.807, 2.05) is 0 Å². The van der Waals surface area contributed by atoms with Crippen LogP contribution in [0.25, 0.3) is 0 Å². The van der Waals surface area contributed by atoms with Crippen LogP contribution >= 0.6 is 0 Å². The number of hydrogen-bond acceptors (Lipinski definition) is 5. The second-order valence-corrected chi connectivity index (χ2v) is 7.65. The van der Waals surface area contributed by atoms with E-state index in [2.05, 4.69) is 10.6 Å². The zero-order valence-electron chi connectivity index (χ0n) is 17.8. The molecule has 0 saturated heterocycles. The van der Waals surface area contributed by atoms with Crippen LogP contribution in [-0.2, 0) is 9.53 Å². The quantitative estimate of drug-likeness (QED) is 0.752. The average molecular weight is 413 g/mol. The van der Waals surface area contributed by atoms with E-state index in [4.69, 9.17) is 9.47 Å². The van der Waals surface area contributed by atoms with Gasteiger partial charge in [0.15, 0.2) is 0 Å². The molecule has 8 nitrogen and oxygen atoms in total. The van der Waals surface area contributed by atoms with Crippen LogP contribution in [0.1, 0.15) is 31.1 Å². The smallest absolute Gasteiger partial charge is 0.412 e. The van der Waals surface area contributed by atoms with Gasteiger partial charge in [-0.2, -0.15) is 0 Å². The van der Waals surface area contributed by atoms with Gasteiger partial charge in [0.25, 0.3) is 5.91 Å². The Kier molecular flexibility index (Phi) is 7.41. The summed E-state index contributed by atoms with van der Waals surface area (Å²) in [6.07, 6.45) is -0.576. The van der Waals surface area contributed by atoms with Crippen LogP contribution in [0.15, 0.2) is 48.5 Å². The van der Waals surface area contributed by atoms with Gasteiger partial charge in [0, 0.05) is 30.1 Å². The third-order valence-corrected chi connectivity index (χ3v) is 3.86. The number of amides is 3. The van der Waals surface area contributed by atoms with Crippen LogP contribution in [0, 0.1) is 0 Å². The van der Waals surface area contributed by atoms with Gasteiger partial charge in [-0.3, -0.25) is 14.9 Å². The molecule has 0 atom stereocenters. The highest BCUT2D eigenvalue weighted by atomic mass is 16.6. The lowest BCUT2D eigenvalue weighted by Crippen LogP contribution is -2.34. The van der Waals surface area contributed by atoms with Crippen LogP contribution in [0.2, 0.25) is 0 Å². The number of rotatable bonds is 6. The second kappa shape index (κ2) is 9.78. The summed E-state index contributed by atoms with van der Waals surface area (Å²) in [5.74, 6) is -0.0285. The van der Waals surface area contributed by atoms with Crippen molar-refractivity contribution in [1.82, 2.24) is 4.90 Å². The molecule has 30 heavy (non-hydrogen) atoms. The zero-order valence-corrected chi connectivity index (χ0v) is 17.8. The number of hydrogen-bond donors (Lipinski definition) is 2. The number of ether oxygens (including phenoxy) is 2. The Morgan fingerprint density at radius 3 is 2.23 bits per heavy atom. The number of carbonyl (C=O) groups is 3. The van der Waals surface area contributed by atoms with E-state index in [1.54, 1.807) is 83.5 Å². The normalized spacial score (nSPS) is 10.7. The first-order valence-electron chi connectivity index (χ1n) is 9.37. The molecule has 8 heteroatoms. The lowest BCUT2D eigenvalue weighted by atomic mass is 10.2. The predicted molar refractivity (Wildman–Crippen MR) is 115 cm³/mol. The number of methoxy groups -OCH3 is 1. The van der Waals surface area contributed by atoms with Gasteiger partial charge in [0.2, 0.25) is 5.91 Å². The molecule has 0 aliphatic rings. The highest BCUT2D eigenvalue weighted by Crippen LogP contribution is 2.17. The summed E-state index contributed by atoms with van der Waals surface area (Å²) in [7, 11) is 3.09. The Hall–Kier alpha value is -3.55. The molecule has 0 aliphatic carbocycles. The van der Waals surface area contributed by atoms with E-state index in [0.29, 0.717) is 22.7 Å². The lowest BCUT2D eigenvalue weighted by molar-refractivity contribution is -0.116. The first-order valence-corrected chi connectivity index (χ1v) is 9.37. The number of benzene rings is 2. The molecule has 2 aromatic carbocycles. The van der Waals surface area contributed by atoms with Gasteiger partial charge in [-0.25, -0.2) is 4.79 Å². The number of anilines is 2. The van der Waals surface area contributed by atoms with E-state index in [-0.39, 0.29) is 18.4 Å². The van der Waals surface area contributed by atoms with Gasteiger partial charge in [-0.1, -0.05) is 6.07 Å². The van der Waals surface area contributed by atoms with Crippen molar-refractivity contribution in [1.29, 1.82) is 0 Å². The molecule has 0 aliphatic heterocycles.